The zero-order chi connectivity index (χ0) is 9.68. The van der Waals surface area contributed by atoms with Crippen LogP contribution in [0, 0.1) is 6.57 Å². The first-order valence-corrected chi connectivity index (χ1v) is 4.35. The van der Waals surface area contributed by atoms with Gasteiger partial charge in [0, 0.05) is 5.02 Å². The van der Waals surface area contributed by atoms with Crippen molar-refractivity contribution >= 4 is 11.6 Å². The van der Waals surface area contributed by atoms with Crippen LogP contribution in [0.25, 0.3) is 4.85 Å². The maximum atomic E-state index is 6.66. The van der Waals surface area contributed by atoms with Crippen molar-refractivity contribution < 1.29 is 4.74 Å². The van der Waals surface area contributed by atoms with Gasteiger partial charge in [-0.3, -0.25) is 0 Å². The first-order valence-electron chi connectivity index (χ1n) is 3.98. The standard InChI is InChI=1S/C10H10ClNO/c1-8(7-12-2)13-10-5-3-4-9(11)6-10/h3-6,8H,7H2,1H3. The number of nitrogens with zero attached hydrogens (tertiary/aromatic N) is 1. The fraction of sp³-hybridized carbons (Fsp3) is 0.300. The van der Waals surface area contributed by atoms with Gasteiger partial charge >= 0.3 is 0 Å². The second kappa shape index (κ2) is 4.74. The van der Waals surface area contributed by atoms with Gasteiger partial charge in [-0.2, -0.15) is 0 Å². The highest BCUT2D eigenvalue weighted by atomic mass is 35.5. The molecule has 0 N–H and O–H groups in total. The summed E-state index contributed by atoms with van der Waals surface area (Å²) in [6.45, 7) is 8.89. The van der Waals surface area contributed by atoms with Gasteiger partial charge in [-0.15, -0.1) is 0 Å². The van der Waals surface area contributed by atoms with Crippen LogP contribution in [0.3, 0.4) is 0 Å². The molecule has 1 aromatic carbocycles. The predicted molar refractivity (Wildman–Crippen MR) is 53.0 cm³/mol. The maximum absolute atomic E-state index is 6.66. The summed E-state index contributed by atoms with van der Waals surface area (Å²) in [5.41, 5.74) is 0. The summed E-state index contributed by atoms with van der Waals surface area (Å²) in [5.74, 6) is 0.712. The summed E-state index contributed by atoms with van der Waals surface area (Å²) in [7, 11) is 0. The van der Waals surface area contributed by atoms with Crippen molar-refractivity contribution in [3.05, 3.63) is 40.7 Å². The molecule has 1 rings (SSSR count). The summed E-state index contributed by atoms with van der Waals surface area (Å²) in [4.78, 5) is 3.25. The van der Waals surface area contributed by atoms with Crippen LogP contribution in [-0.4, -0.2) is 12.6 Å². The molecule has 0 heterocycles. The molecule has 0 aliphatic heterocycles. The molecule has 0 saturated carbocycles. The molecule has 68 valence electrons. The Morgan fingerprint density at radius 1 is 1.62 bits per heavy atom. The smallest absolute Gasteiger partial charge is 0.250 e. The summed E-state index contributed by atoms with van der Waals surface area (Å²) in [6, 6.07) is 7.17. The molecule has 0 bridgehead atoms. The van der Waals surface area contributed by atoms with Crippen LogP contribution < -0.4 is 4.74 Å². The van der Waals surface area contributed by atoms with E-state index in [2.05, 4.69) is 4.85 Å². The van der Waals surface area contributed by atoms with Gasteiger partial charge in [-0.05, 0) is 25.1 Å². The molecule has 1 atom stereocenters. The van der Waals surface area contributed by atoms with E-state index < -0.39 is 0 Å². The predicted octanol–water partition coefficient (Wildman–Crippen LogP) is 3.03. The molecule has 0 aromatic heterocycles. The normalized spacial score (nSPS) is 11.8. The van der Waals surface area contributed by atoms with Gasteiger partial charge in [0.15, 0.2) is 6.10 Å². The molecule has 0 aliphatic carbocycles. The van der Waals surface area contributed by atoms with Crippen LogP contribution in [-0.2, 0) is 0 Å². The van der Waals surface area contributed by atoms with E-state index in [4.69, 9.17) is 22.9 Å². The highest BCUT2D eigenvalue weighted by Gasteiger charge is 2.05. The van der Waals surface area contributed by atoms with Crippen LogP contribution >= 0.6 is 11.6 Å². The highest BCUT2D eigenvalue weighted by molar-refractivity contribution is 6.30. The van der Waals surface area contributed by atoms with Crippen LogP contribution in [0.2, 0.25) is 5.02 Å². The quantitative estimate of drug-likeness (QED) is 0.676. The number of hydrogen-bond acceptors (Lipinski definition) is 1. The van der Waals surface area contributed by atoms with E-state index in [0.717, 1.165) is 0 Å². The summed E-state index contributed by atoms with van der Waals surface area (Å²) < 4.78 is 5.44. The summed E-state index contributed by atoms with van der Waals surface area (Å²) in [6.07, 6.45) is -0.0871. The van der Waals surface area contributed by atoms with Crippen molar-refractivity contribution in [1.82, 2.24) is 0 Å². The second-order valence-corrected chi connectivity index (χ2v) is 3.16. The van der Waals surface area contributed by atoms with Gasteiger partial charge in [-0.1, -0.05) is 17.7 Å². The average Bonchev–Trinajstić information content (AvgIpc) is 2.04. The molecule has 3 heteroatoms. The molecule has 0 aliphatic rings. The molecule has 0 radical (unpaired) electrons. The lowest BCUT2D eigenvalue weighted by Gasteiger charge is -2.09. The zero-order valence-corrected chi connectivity index (χ0v) is 8.08. The number of halogens is 1. The Labute approximate surface area is 82.9 Å². The molecule has 1 unspecified atom stereocenters. The van der Waals surface area contributed by atoms with E-state index in [1.807, 2.05) is 19.1 Å². The lowest BCUT2D eigenvalue weighted by Crippen LogP contribution is -2.14. The van der Waals surface area contributed by atoms with Crippen molar-refractivity contribution in [2.75, 3.05) is 6.54 Å². The van der Waals surface area contributed by atoms with E-state index in [9.17, 15) is 0 Å². The van der Waals surface area contributed by atoms with Gasteiger partial charge in [0.1, 0.15) is 5.75 Å². The van der Waals surface area contributed by atoms with Gasteiger partial charge < -0.3 is 9.58 Å². The van der Waals surface area contributed by atoms with E-state index >= 15 is 0 Å². The Balaban J connectivity index is 2.59. The molecule has 0 amide bonds. The number of hydrogen-bond donors (Lipinski definition) is 0. The minimum Gasteiger partial charge on any atom is -0.483 e. The number of benzene rings is 1. The van der Waals surface area contributed by atoms with Crippen molar-refractivity contribution in [2.45, 2.75) is 13.0 Å². The second-order valence-electron chi connectivity index (χ2n) is 2.73. The summed E-state index contributed by atoms with van der Waals surface area (Å²) >= 11 is 5.76. The van der Waals surface area contributed by atoms with Crippen LogP contribution in [0.1, 0.15) is 6.92 Å². The lowest BCUT2D eigenvalue weighted by atomic mass is 10.3. The van der Waals surface area contributed by atoms with Crippen LogP contribution in [0.15, 0.2) is 24.3 Å². The third-order valence-electron chi connectivity index (χ3n) is 1.48. The Kier molecular flexibility index (Phi) is 3.60. The molecule has 0 spiro atoms. The number of ether oxygens (including phenoxy) is 1. The first kappa shape index (κ1) is 9.88. The van der Waals surface area contributed by atoms with Crippen molar-refractivity contribution in [2.24, 2.45) is 0 Å². The minimum absolute atomic E-state index is 0.0871. The molecule has 0 fully saturated rings. The molecule has 1 aromatic rings. The van der Waals surface area contributed by atoms with Crippen molar-refractivity contribution in [3.8, 4) is 5.75 Å². The fourth-order valence-corrected chi connectivity index (χ4v) is 1.12. The van der Waals surface area contributed by atoms with Gasteiger partial charge in [0.25, 0.3) is 6.54 Å². The van der Waals surface area contributed by atoms with Crippen LogP contribution in [0.4, 0.5) is 0 Å². The number of rotatable bonds is 3. The van der Waals surface area contributed by atoms with Crippen LogP contribution in [0.5, 0.6) is 5.75 Å². The monoisotopic (exact) mass is 195 g/mol. The molecular formula is C10H10ClNO. The Morgan fingerprint density at radius 3 is 3.00 bits per heavy atom. The Hall–Kier alpha value is -1.20. The van der Waals surface area contributed by atoms with E-state index in [0.29, 0.717) is 17.3 Å². The topological polar surface area (TPSA) is 13.6 Å². The summed E-state index contributed by atoms with van der Waals surface area (Å²) in [5, 5.41) is 0.646. The van der Waals surface area contributed by atoms with E-state index in [-0.39, 0.29) is 6.10 Å². The van der Waals surface area contributed by atoms with E-state index in [1.54, 1.807) is 12.1 Å². The van der Waals surface area contributed by atoms with Gasteiger partial charge in [0.2, 0.25) is 0 Å². The first-order chi connectivity index (χ1) is 6.22. The third-order valence-corrected chi connectivity index (χ3v) is 1.72. The Bertz CT molecular complexity index is 319. The van der Waals surface area contributed by atoms with Crippen molar-refractivity contribution in [1.29, 1.82) is 0 Å². The molecule has 2 nitrogen and oxygen atoms in total. The minimum atomic E-state index is -0.0871. The van der Waals surface area contributed by atoms with Gasteiger partial charge in [0.05, 0.1) is 0 Å². The third kappa shape index (κ3) is 3.35. The largest absolute Gasteiger partial charge is 0.483 e. The average molecular weight is 196 g/mol. The van der Waals surface area contributed by atoms with E-state index in [1.165, 1.54) is 0 Å². The SMILES string of the molecule is [C-]#[N+]CC(C)Oc1cccc(Cl)c1. The highest BCUT2D eigenvalue weighted by Crippen LogP contribution is 2.18. The molecule has 0 saturated heterocycles. The molecule has 13 heavy (non-hydrogen) atoms. The van der Waals surface area contributed by atoms with Gasteiger partial charge in [-0.25, -0.2) is 6.57 Å². The lowest BCUT2D eigenvalue weighted by molar-refractivity contribution is 0.238. The fourth-order valence-electron chi connectivity index (χ4n) is 0.938. The zero-order valence-electron chi connectivity index (χ0n) is 7.33. The maximum Gasteiger partial charge on any atom is 0.250 e. The Morgan fingerprint density at radius 2 is 2.38 bits per heavy atom. The van der Waals surface area contributed by atoms with Crippen molar-refractivity contribution in [3.63, 3.8) is 0 Å². The molecular weight excluding hydrogens is 186 g/mol.